The van der Waals surface area contributed by atoms with Crippen LogP contribution in [0.1, 0.15) is 24.0 Å². The first-order valence-corrected chi connectivity index (χ1v) is 10.8. The van der Waals surface area contributed by atoms with Crippen LogP contribution >= 0.6 is 0 Å². The van der Waals surface area contributed by atoms with E-state index in [9.17, 15) is 4.79 Å². The Hall–Kier alpha value is -3.23. The van der Waals surface area contributed by atoms with Gasteiger partial charge in [-0.05, 0) is 55.8 Å². The Kier molecular flexibility index (Phi) is 4.29. The number of piperidine rings is 1. The average Bonchev–Trinajstić information content (AvgIpc) is 3.28. The third kappa shape index (κ3) is 3.02. The first kappa shape index (κ1) is 18.5. The lowest BCUT2D eigenvalue weighted by Gasteiger charge is -2.41. The van der Waals surface area contributed by atoms with Crippen molar-refractivity contribution in [1.29, 1.82) is 0 Å². The Labute approximate surface area is 180 Å². The maximum Gasteiger partial charge on any atom is 0.324 e. The Morgan fingerprint density at radius 3 is 2.84 bits per heavy atom. The molecule has 0 atom stereocenters. The van der Waals surface area contributed by atoms with Gasteiger partial charge in [-0.2, -0.15) is 0 Å². The molecule has 31 heavy (non-hydrogen) atoms. The Morgan fingerprint density at radius 2 is 1.97 bits per heavy atom. The number of hydrogen-bond acceptors (Lipinski definition) is 6. The lowest BCUT2D eigenvalue weighted by Crippen LogP contribution is -2.53. The molecule has 6 rings (SSSR count). The summed E-state index contributed by atoms with van der Waals surface area (Å²) in [5, 5.41) is 3.40. The van der Waals surface area contributed by atoms with Crippen molar-refractivity contribution in [2.75, 3.05) is 30.5 Å². The summed E-state index contributed by atoms with van der Waals surface area (Å²) < 4.78 is 0. The van der Waals surface area contributed by atoms with E-state index in [1.807, 2.05) is 30.3 Å². The quantitative estimate of drug-likeness (QED) is 0.597. The van der Waals surface area contributed by atoms with Gasteiger partial charge in [0, 0.05) is 37.0 Å². The third-order valence-corrected chi connectivity index (χ3v) is 6.52. The van der Waals surface area contributed by atoms with Crippen LogP contribution in [-0.4, -0.2) is 47.1 Å². The molecular weight excluding hydrogens is 390 g/mol. The second kappa shape index (κ2) is 7.18. The Balaban J connectivity index is 1.51. The molecule has 0 saturated carbocycles. The molecule has 2 aromatic heterocycles. The number of rotatable bonds is 2. The minimum atomic E-state index is 0.0498. The minimum Gasteiger partial charge on any atom is -0.323 e. The van der Waals surface area contributed by atoms with Crippen molar-refractivity contribution >= 4 is 28.4 Å². The predicted molar refractivity (Wildman–Crippen MR) is 121 cm³/mol. The summed E-state index contributed by atoms with van der Waals surface area (Å²) in [6, 6.07) is 10.6. The molecule has 2 amide bonds. The molecule has 0 bridgehead atoms. The summed E-state index contributed by atoms with van der Waals surface area (Å²) in [4.78, 5) is 26.8. The molecule has 8 nitrogen and oxygen atoms in total. The summed E-state index contributed by atoms with van der Waals surface area (Å²) in [5.74, 6) is 0. The number of nitrogens with one attached hydrogen (secondary N) is 3. The second-order valence-electron chi connectivity index (χ2n) is 8.54. The van der Waals surface area contributed by atoms with E-state index in [-0.39, 0.29) is 12.1 Å². The molecule has 1 aromatic carbocycles. The van der Waals surface area contributed by atoms with Crippen LogP contribution in [0.3, 0.4) is 0 Å². The Bertz CT molecular complexity index is 1190. The van der Waals surface area contributed by atoms with E-state index < -0.39 is 0 Å². The van der Waals surface area contributed by atoms with E-state index >= 15 is 0 Å². The fourth-order valence-corrected chi connectivity index (χ4v) is 4.90. The summed E-state index contributed by atoms with van der Waals surface area (Å²) in [6.45, 7) is 3.19. The molecule has 1 saturated heterocycles. The Morgan fingerprint density at radius 1 is 1.10 bits per heavy atom. The highest BCUT2D eigenvalue weighted by atomic mass is 16.2. The molecule has 3 aromatic rings. The molecule has 0 radical (unpaired) electrons. The van der Waals surface area contributed by atoms with Gasteiger partial charge >= 0.3 is 6.03 Å². The number of urea groups is 1. The number of nitrogens with zero attached hydrogens (tertiary/aromatic N) is 4. The number of carbonyl (C=O) groups excluding carboxylic acids is 1. The molecule has 3 N–H and O–H groups in total. The summed E-state index contributed by atoms with van der Waals surface area (Å²) in [6.07, 6.45) is 3.78. The van der Waals surface area contributed by atoms with Gasteiger partial charge < -0.3 is 15.6 Å². The number of anilines is 2. The van der Waals surface area contributed by atoms with Crippen LogP contribution in [0.4, 0.5) is 16.2 Å². The van der Waals surface area contributed by atoms with E-state index in [0.29, 0.717) is 6.54 Å². The van der Waals surface area contributed by atoms with Crippen molar-refractivity contribution in [1.82, 2.24) is 25.6 Å². The number of carbonyl (C=O) groups is 1. The topological polar surface area (TPSA) is 85.4 Å². The van der Waals surface area contributed by atoms with Crippen molar-refractivity contribution < 1.29 is 4.79 Å². The van der Waals surface area contributed by atoms with Crippen LogP contribution in [0.5, 0.6) is 0 Å². The normalized spacial score (nSPS) is 18.8. The predicted octanol–water partition coefficient (Wildman–Crippen LogP) is 2.85. The lowest BCUT2D eigenvalue weighted by molar-refractivity contribution is 0.205. The monoisotopic (exact) mass is 415 g/mol. The summed E-state index contributed by atoms with van der Waals surface area (Å²) >= 11 is 0. The minimum absolute atomic E-state index is 0.0498. The highest BCUT2D eigenvalue weighted by molar-refractivity contribution is 6.04. The van der Waals surface area contributed by atoms with Gasteiger partial charge in [0.1, 0.15) is 5.52 Å². The van der Waals surface area contributed by atoms with Gasteiger partial charge in [-0.15, -0.1) is 0 Å². The van der Waals surface area contributed by atoms with E-state index in [4.69, 9.17) is 4.98 Å². The number of hydrogen-bond donors (Lipinski definition) is 3. The van der Waals surface area contributed by atoms with Gasteiger partial charge in [0.2, 0.25) is 0 Å². The first-order valence-electron chi connectivity index (χ1n) is 10.8. The number of hydrazine groups is 1. The first-order chi connectivity index (χ1) is 15.2. The SMILES string of the molecule is CN1Cc2cnc3ccc(-c4ccc5c(c4)CNN5)nc3c2N(C2CCNCC2)C1=O. The lowest BCUT2D eigenvalue weighted by atomic mass is 10.00. The van der Waals surface area contributed by atoms with Crippen LogP contribution in [0.2, 0.25) is 0 Å². The third-order valence-electron chi connectivity index (χ3n) is 6.52. The molecular formula is C23H25N7O. The smallest absolute Gasteiger partial charge is 0.323 e. The maximum absolute atomic E-state index is 13.3. The van der Waals surface area contributed by atoms with Gasteiger partial charge in [0.25, 0.3) is 0 Å². The van der Waals surface area contributed by atoms with Crippen LogP contribution in [0, 0.1) is 0 Å². The maximum atomic E-state index is 13.3. The number of aromatic nitrogens is 2. The molecule has 3 aliphatic heterocycles. The molecule has 158 valence electrons. The van der Waals surface area contributed by atoms with Gasteiger partial charge in [-0.3, -0.25) is 9.88 Å². The van der Waals surface area contributed by atoms with Crippen LogP contribution in [-0.2, 0) is 13.1 Å². The van der Waals surface area contributed by atoms with Crippen LogP contribution < -0.4 is 21.1 Å². The van der Waals surface area contributed by atoms with Gasteiger partial charge in [-0.25, -0.2) is 15.2 Å². The summed E-state index contributed by atoms with van der Waals surface area (Å²) in [7, 11) is 1.86. The van der Waals surface area contributed by atoms with Gasteiger partial charge in [0.15, 0.2) is 0 Å². The molecule has 0 aliphatic carbocycles. The standard InChI is InChI=1S/C23H25N7O/c1-29-13-16-11-25-20-5-4-18(14-2-3-19-15(10-14)12-26-28-19)27-21(20)22(16)30(23(29)31)17-6-8-24-9-7-17/h2-5,10-11,17,24,26,28H,6-9,12-13H2,1H3. The summed E-state index contributed by atoms with van der Waals surface area (Å²) in [5.41, 5.74) is 14.2. The number of amides is 2. The van der Waals surface area contributed by atoms with Crippen molar-refractivity contribution in [2.24, 2.45) is 0 Å². The fraction of sp³-hybridized carbons (Fsp3) is 0.348. The van der Waals surface area contributed by atoms with Crippen LogP contribution in [0.15, 0.2) is 36.5 Å². The largest absolute Gasteiger partial charge is 0.324 e. The number of fused-ring (bicyclic) bond motifs is 4. The molecule has 0 spiro atoms. The molecule has 5 heterocycles. The number of pyridine rings is 2. The highest BCUT2D eigenvalue weighted by Crippen LogP contribution is 2.37. The number of benzene rings is 1. The van der Waals surface area contributed by atoms with E-state index in [1.54, 1.807) is 4.90 Å². The van der Waals surface area contributed by atoms with Crippen LogP contribution in [0.25, 0.3) is 22.3 Å². The van der Waals surface area contributed by atoms with Crippen molar-refractivity contribution in [3.05, 3.63) is 47.7 Å². The van der Waals surface area contributed by atoms with Crippen molar-refractivity contribution in [3.8, 4) is 11.3 Å². The van der Waals surface area contributed by atoms with E-state index in [1.165, 1.54) is 5.56 Å². The molecule has 0 unspecified atom stereocenters. The van der Waals surface area contributed by atoms with Gasteiger partial charge in [0.05, 0.1) is 29.1 Å². The van der Waals surface area contributed by atoms with E-state index in [0.717, 1.165) is 71.7 Å². The zero-order chi connectivity index (χ0) is 20.9. The zero-order valence-electron chi connectivity index (χ0n) is 17.5. The molecule has 8 heteroatoms. The molecule has 1 fully saturated rings. The van der Waals surface area contributed by atoms with E-state index in [2.05, 4.69) is 39.4 Å². The van der Waals surface area contributed by atoms with Crippen molar-refractivity contribution in [2.45, 2.75) is 32.0 Å². The fourth-order valence-electron chi connectivity index (χ4n) is 4.90. The second-order valence-corrected chi connectivity index (χ2v) is 8.54. The molecule has 3 aliphatic rings. The van der Waals surface area contributed by atoms with Crippen molar-refractivity contribution in [3.63, 3.8) is 0 Å². The zero-order valence-corrected chi connectivity index (χ0v) is 17.5. The van der Waals surface area contributed by atoms with Gasteiger partial charge in [-0.1, -0.05) is 6.07 Å². The average molecular weight is 416 g/mol. The highest BCUT2D eigenvalue weighted by Gasteiger charge is 2.36.